The van der Waals surface area contributed by atoms with Gasteiger partial charge in [-0.3, -0.25) is 24.6 Å². The summed E-state index contributed by atoms with van der Waals surface area (Å²) in [6.07, 6.45) is 5.21. The highest BCUT2D eigenvalue weighted by Gasteiger charge is 2.50. The van der Waals surface area contributed by atoms with Crippen molar-refractivity contribution in [1.29, 1.82) is 0 Å². The SMILES string of the molecule is COC(=O)c1cccc2c1CC1(CCN(Cc3ccc(C(F)(F)F)cc3)C1)C2.COC(=O)c1cccc2c1CC1(CCNC1)C2.COC(=O)c1cccc2c1CC1(CCNC1=O)C2.COC(=O)c1cccc2c1CC1(CCNC1=S)C2.O=C(NO)c1cccc2c1CC1(CCN(Cc3ccc(C(F)(F)F)cc3)C1)C2. The Hall–Kier alpha value is -9.33. The van der Waals surface area contributed by atoms with Crippen LogP contribution in [0.1, 0.15) is 162 Å². The standard InChI is InChI=1S/C22H22F3NO2.C21H21F3N2O2.C14H15NO3.C14H15NO2S.C14H17NO2/c1-28-20(27)18-4-2-3-16-11-21(12-19(16)18)9-10-26(14-21)13-15-5-7-17(8-6-15)22(23,24)25;22-21(23,24)16-6-4-14(5-7-16)12-26-9-8-20(13-26)10-15-2-1-3-17(18(15)11-20)19(27)25-28;1-18-12(16)10-4-2-3-9-7-14(8-11(9)10)5-6-15-13(14)17;1-17-12(16)10-4-2-3-9-7-14(8-11(9)10)5-6-15-13(14)18;1-17-13(16)11-4-2-3-10-7-14(8-12(10)11)5-6-15-9-14/h2-8H,9-14H2,1H3;1-7,28H,8-13H2,(H,25,27);2-4H,5-8H2,1H3,(H,15,17);2-4H,5-8H2,1H3,(H,15,18);2-4,15H,5-9H2,1H3. The van der Waals surface area contributed by atoms with Crippen molar-refractivity contribution >= 4 is 52.9 Å². The number of hydrogen-bond donors (Lipinski definition) is 5. The normalized spacial score (nSPS) is 23.6. The molecule has 109 heavy (non-hydrogen) atoms. The van der Waals surface area contributed by atoms with Crippen molar-refractivity contribution in [2.45, 2.75) is 122 Å². The summed E-state index contributed by atoms with van der Waals surface area (Å²) in [6, 6.07) is 39.6. The van der Waals surface area contributed by atoms with Crippen molar-refractivity contribution in [3.8, 4) is 0 Å². The lowest BCUT2D eigenvalue weighted by Gasteiger charge is -2.24. The van der Waals surface area contributed by atoms with Gasteiger partial charge in [-0.05, 0) is 254 Å². The number of amides is 2. The van der Waals surface area contributed by atoms with Gasteiger partial charge in [0.2, 0.25) is 5.91 Å². The lowest BCUT2D eigenvalue weighted by atomic mass is 9.83. The molecule has 5 N–H and O–H groups in total. The monoisotopic (exact) mass is 1520 g/mol. The molecule has 17 nitrogen and oxygen atoms in total. The molecule has 7 aromatic carbocycles. The van der Waals surface area contributed by atoms with Gasteiger partial charge < -0.3 is 34.9 Å². The maximum absolute atomic E-state index is 12.7. The van der Waals surface area contributed by atoms with E-state index in [1.807, 2.05) is 60.7 Å². The van der Waals surface area contributed by atoms with Gasteiger partial charge in [-0.2, -0.15) is 26.3 Å². The molecule has 7 aromatic rings. The zero-order valence-corrected chi connectivity index (χ0v) is 62.4. The predicted molar refractivity (Wildman–Crippen MR) is 399 cm³/mol. The van der Waals surface area contributed by atoms with E-state index < -0.39 is 29.4 Å². The highest BCUT2D eigenvalue weighted by Crippen LogP contribution is 2.50. The van der Waals surface area contributed by atoms with E-state index in [0.29, 0.717) is 47.2 Å². The molecule has 0 bridgehead atoms. The largest absolute Gasteiger partial charge is 0.465 e. The highest BCUT2D eigenvalue weighted by molar-refractivity contribution is 7.80. The first kappa shape index (κ1) is 77.8. The van der Waals surface area contributed by atoms with Crippen molar-refractivity contribution in [3.05, 3.63) is 245 Å². The van der Waals surface area contributed by atoms with Gasteiger partial charge in [-0.25, -0.2) is 24.7 Å². The molecule has 0 radical (unpaired) electrons. The van der Waals surface area contributed by atoms with E-state index in [9.17, 15) is 55.1 Å². The fourth-order valence-corrected chi connectivity index (χ4v) is 19.1. The summed E-state index contributed by atoms with van der Waals surface area (Å²) in [4.78, 5) is 76.8. The van der Waals surface area contributed by atoms with Gasteiger partial charge in [-0.1, -0.05) is 97.1 Å². The number of halogens is 6. The number of thiocarbonyl (C=S) groups is 1. The third-order valence-electron chi connectivity index (χ3n) is 24.3. The predicted octanol–water partition coefficient (Wildman–Crippen LogP) is 12.8. The number of fused-ring (bicyclic) bond motifs is 5. The van der Waals surface area contributed by atoms with Gasteiger partial charge >= 0.3 is 36.2 Å². The molecule has 5 aliphatic heterocycles. The summed E-state index contributed by atoms with van der Waals surface area (Å²) in [5.41, 5.74) is 17.1. The van der Waals surface area contributed by atoms with Crippen LogP contribution >= 0.6 is 12.2 Å². The van der Waals surface area contributed by atoms with E-state index in [2.05, 4.69) is 43.9 Å². The minimum Gasteiger partial charge on any atom is -0.465 e. The zero-order valence-electron chi connectivity index (χ0n) is 61.6. The van der Waals surface area contributed by atoms with E-state index in [4.69, 9.17) is 36.4 Å². The molecule has 5 fully saturated rings. The van der Waals surface area contributed by atoms with E-state index >= 15 is 0 Å². The quantitative estimate of drug-likeness (QED) is 0.0227. The minimum absolute atomic E-state index is 0.0417. The number of nitrogens with zero attached hydrogens (tertiary/aromatic N) is 2. The smallest absolute Gasteiger partial charge is 0.416 e. The number of hydroxylamine groups is 1. The van der Waals surface area contributed by atoms with Crippen LogP contribution in [0.3, 0.4) is 0 Å². The number of hydrogen-bond acceptors (Lipinski definition) is 15. The Labute approximate surface area is 635 Å². The Kier molecular flexibility index (Phi) is 22.5. The van der Waals surface area contributed by atoms with Gasteiger partial charge in [0.1, 0.15) is 0 Å². The second-order valence-corrected chi connectivity index (χ2v) is 31.6. The van der Waals surface area contributed by atoms with Crippen molar-refractivity contribution in [3.63, 3.8) is 0 Å². The van der Waals surface area contributed by atoms with Gasteiger partial charge in [0.15, 0.2) is 0 Å². The summed E-state index contributed by atoms with van der Waals surface area (Å²) in [7, 11) is 5.65. The molecule has 17 rings (SSSR count). The summed E-state index contributed by atoms with van der Waals surface area (Å²) < 4.78 is 95.8. The van der Waals surface area contributed by atoms with Crippen molar-refractivity contribution in [1.82, 2.24) is 31.2 Å². The molecule has 574 valence electrons. The second-order valence-electron chi connectivity index (χ2n) is 31.2. The van der Waals surface area contributed by atoms with E-state index in [-0.39, 0.29) is 51.4 Å². The van der Waals surface area contributed by atoms with Crippen LogP contribution in [0.2, 0.25) is 0 Å². The maximum atomic E-state index is 12.7. The first-order valence-electron chi connectivity index (χ1n) is 37.0. The number of nitrogens with one attached hydrogen (secondary N) is 4. The number of esters is 4. The van der Waals surface area contributed by atoms with Crippen molar-refractivity contribution in [2.75, 3.05) is 80.8 Å². The number of methoxy groups -OCH3 is 4. The lowest BCUT2D eigenvalue weighted by molar-refractivity contribution is -0.138. The maximum Gasteiger partial charge on any atom is 0.416 e. The Morgan fingerprint density at radius 2 is 0.798 bits per heavy atom. The third-order valence-corrected chi connectivity index (χ3v) is 24.8. The second kappa shape index (κ2) is 31.6. The highest BCUT2D eigenvalue weighted by atomic mass is 32.1. The van der Waals surface area contributed by atoms with Crippen LogP contribution in [-0.2, 0) is 113 Å². The molecular formula is C85H90F6N6O11S. The first-order chi connectivity index (χ1) is 52.2. The minimum atomic E-state index is -4.32. The van der Waals surface area contributed by atoms with Gasteiger partial charge in [0, 0.05) is 56.8 Å². The number of benzene rings is 7. The van der Waals surface area contributed by atoms with Crippen LogP contribution in [0, 0.1) is 27.1 Å². The molecule has 0 aromatic heterocycles. The van der Waals surface area contributed by atoms with Crippen LogP contribution in [0.4, 0.5) is 26.3 Å². The van der Waals surface area contributed by atoms with Crippen molar-refractivity contribution < 1.29 is 79.3 Å². The van der Waals surface area contributed by atoms with Crippen LogP contribution in [-0.4, -0.2) is 136 Å². The molecular weight excluding hydrogens is 1430 g/mol. The number of likely N-dealkylation sites (tertiary alicyclic amines) is 2. The van der Waals surface area contributed by atoms with Crippen LogP contribution in [0.5, 0.6) is 0 Å². The van der Waals surface area contributed by atoms with E-state index in [0.717, 1.165) is 215 Å². The average Bonchev–Trinajstić information content (AvgIpc) is 1.62. The number of ether oxygens (including phenoxy) is 4. The zero-order chi connectivity index (χ0) is 77.3. The topological polar surface area (TPSA) is 214 Å². The van der Waals surface area contributed by atoms with E-state index in [1.165, 1.54) is 57.1 Å². The van der Waals surface area contributed by atoms with Gasteiger partial charge in [0.05, 0.1) is 72.2 Å². The number of carbonyl (C=O) groups excluding carboxylic acids is 6. The van der Waals surface area contributed by atoms with Crippen LogP contribution in [0.25, 0.3) is 0 Å². The molecule has 0 saturated carbocycles. The Morgan fingerprint density at radius 3 is 1.17 bits per heavy atom. The molecule has 5 unspecified atom stereocenters. The molecule has 5 spiro atoms. The Balaban J connectivity index is 0.000000122. The fourth-order valence-electron chi connectivity index (χ4n) is 18.8. The van der Waals surface area contributed by atoms with Gasteiger partial charge in [-0.15, -0.1) is 0 Å². The summed E-state index contributed by atoms with van der Waals surface area (Å²) in [6.45, 7) is 8.59. The molecule has 5 aliphatic carbocycles. The Morgan fingerprint density at radius 1 is 0.440 bits per heavy atom. The van der Waals surface area contributed by atoms with Gasteiger partial charge in [0.25, 0.3) is 5.91 Å². The third kappa shape index (κ3) is 16.3. The lowest BCUT2D eigenvalue weighted by Crippen LogP contribution is -2.31. The Bertz CT molecular complexity index is 4420. The fraction of sp³-hybridized carbons (Fsp3) is 0.424. The number of carbonyl (C=O) groups is 6. The number of alkyl halides is 6. The number of rotatable bonds is 9. The van der Waals surface area contributed by atoms with Crippen LogP contribution in [0.15, 0.2) is 140 Å². The average molecular weight is 1520 g/mol. The summed E-state index contributed by atoms with van der Waals surface area (Å²) in [5.74, 6) is -1.44. The van der Waals surface area contributed by atoms with Crippen LogP contribution < -0.4 is 21.4 Å². The van der Waals surface area contributed by atoms with E-state index in [1.54, 1.807) is 41.9 Å². The molecule has 2 amide bonds. The molecule has 24 heteroatoms. The summed E-state index contributed by atoms with van der Waals surface area (Å²) in [5, 5.41) is 18.6. The molecule has 5 atom stereocenters. The molecule has 5 heterocycles. The van der Waals surface area contributed by atoms with Crippen molar-refractivity contribution in [2.24, 2.45) is 27.1 Å². The summed E-state index contributed by atoms with van der Waals surface area (Å²) >= 11 is 5.45. The first-order valence-corrected chi connectivity index (χ1v) is 37.4. The molecule has 5 saturated heterocycles. The molecule has 10 aliphatic rings.